The third-order valence-electron chi connectivity index (χ3n) is 10.5. The van der Waals surface area contributed by atoms with E-state index in [1.165, 1.54) is 0 Å². The third-order valence-corrected chi connectivity index (χ3v) is 10.5. The number of carbonyl (C=O) groups is 3. The molecule has 13 nitrogen and oxygen atoms in total. The smallest absolute Gasteiger partial charge is 0.405 e. The summed E-state index contributed by atoms with van der Waals surface area (Å²) in [6, 6.07) is 24.2. The van der Waals surface area contributed by atoms with Crippen LogP contribution in [0.3, 0.4) is 0 Å². The molecule has 5 aromatic rings. The van der Waals surface area contributed by atoms with E-state index in [0.29, 0.717) is 44.2 Å². The van der Waals surface area contributed by atoms with Crippen molar-refractivity contribution in [3.8, 4) is 33.6 Å². The van der Waals surface area contributed by atoms with E-state index in [0.717, 1.165) is 71.7 Å². The Morgan fingerprint density at radius 3 is 1.75 bits per heavy atom. The Morgan fingerprint density at radius 2 is 1.21 bits per heavy atom. The lowest BCUT2D eigenvalue weighted by atomic mass is 10.0. The highest BCUT2D eigenvalue weighted by Crippen LogP contribution is 2.35. The van der Waals surface area contributed by atoms with Gasteiger partial charge < -0.3 is 39.8 Å². The van der Waals surface area contributed by atoms with E-state index in [9.17, 15) is 19.5 Å². The Bertz CT molecular complexity index is 2060. The molecule has 3 atom stereocenters. The number of aromatic nitrogens is 4. The summed E-state index contributed by atoms with van der Waals surface area (Å²) in [5.74, 6) is 1.21. The number of nitrogens with one attached hydrogen (secondary N) is 3. The van der Waals surface area contributed by atoms with Crippen molar-refractivity contribution in [2.24, 2.45) is 0 Å². The number of urea groups is 1. The number of imidazole rings is 2. The summed E-state index contributed by atoms with van der Waals surface area (Å²) in [5, 5.41) is 11.9. The van der Waals surface area contributed by atoms with Gasteiger partial charge in [0.1, 0.15) is 17.7 Å². The van der Waals surface area contributed by atoms with Crippen LogP contribution in [-0.4, -0.2) is 97.2 Å². The first-order chi connectivity index (χ1) is 25.9. The number of rotatable bonds is 8. The predicted molar refractivity (Wildman–Crippen MR) is 198 cm³/mol. The minimum absolute atomic E-state index is 0.0597. The number of nitrogens with zero attached hydrogens (tertiary/aromatic N) is 5. The molecule has 8 rings (SSSR count). The number of hydrogen-bond acceptors (Lipinski definition) is 6. The van der Waals surface area contributed by atoms with Crippen LogP contribution in [0, 0.1) is 0 Å². The number of carboxylic acid groups (broad SMARTS) is 1. The molecular formula is C40H42N8O5. The Balaban J connectivity index is 0.925. The molecule has 3 aliphatic heterocycles. The normalized spacial score (nSPS) is 19.4. The number of morpholine rings is 1. The lowest BCUT2D eigenvalue weighted by molar-refractivity contribution is -0.134. The van der Waals surface area contributed by atoms with Crippen LogP contribution < -0.4 is 5.32 Å². The van der Waals surface area contributed by atoms with Crippen LogP contribution in [0.1, 0.15) is 61.0 Å². The molecule has 0 saturated carbocycles. The van der Waals surface area contributed by atoms with Crippen molar-refractivity contribution in [1.82, 2.24) is 40.0 Å². The van der Waals surface area contributed by atoms with Crippen LogP contribution >= 0.6 is 0 Å². The predicted octanol–water partition coefficient (Wildman–Crippen LogP) is 6.40. The van der Waals surface area contributed by atoms with Gasteiger partial charge in [-0.15, -0.1) is 0 Å². The van der Waals surface area contributed by atoms with Gasteiger partial charge in [0.2, 0.25) is 0 Å². The van der Waals surface area contributed by atoms with Crippen molar-refractivity contribution >= 4 is 18.0 Å². The van der Waals surface area contributed by atoms with Gasteiger partial charge in [0.05, 0.1) is 49.1 Å². The first kappa shape index (κ1) is 34.2. The van der Waals surface area contributed by atoms with Gasteiger partial charge in [-0.3, -0.25) is 4.79 Å². The zero-order valence-electron chi connectivity index (χ0n) is 29.3. The first-order valence-electron chi connectivity index (χ1n) is 18.2. The molecule has 5 heterocycles. The minimum Gasteiger partial charge on any atom is -0.465 e. The van der Waals surface area contributed by atoms with E-state index in [1.807, 2.05) is 34.2 Å². The number of aromatic amines is 2. The molecule has 4 N–H and O–H groups in total. The zero-order chi connectivity index (χ0) is 36.3. The second-order valence-electron chi connectivity index (χ2n) is 13.7. The molecule has 0 bridgehead atoms. The van der Waals surface area contributed by atoms with Gasteiger partial charge >= 0.3 is 12.1 Å². The number of H-pyrrole nitrogens is 2. The van der Waals surface area contributed by atoms with E-state index >= 15 is 0 Å². The Kier molecular flexibility index (Phi) is 9.64. The van der Waals surface area contributed by atoms with Crippen molar-refractivity contribution in [2.75, 3.05) is 39.4 Å². The molecule has 272 valence electrons. The fourth-order valence-electron chi connectivity index (χ4n) is 7.74. The highest BCUT2D eigenvalue weighted by molar-refractivity contribution is 5.87. The SMILES string of the molecule is O=C(O)N[C@@H](C(=O)N1CCC[C@H]1c1ncc(-c2ccc(-c3ccc(-c4cnc([C@@H]5CCCN5C(=O)N5CCOCC5)[nH]4)cc3)cc2)[nH]1)c1ccccc1. The van der Waals surface area contributed by atoms with Gasteiger partial charge in [0.15, 0.2) is 0 Å². The number of ether oxygens (including phenoxy) is 1. The second kappa shape index (κ2) is 15.0. The summed E-state index contributed by atoms with van der Waals surface area (Å²) < 4.78 is 5.43. The van der Waals surface area contributed by atoms with Crippen LogP contribution in [0.15, 0.2) is 91.3 Å². The van der Waals surface area contributed by atoms with Gasteiger partial charge in [-0.25, -0.2) is 19.6 Å². The average molecular weight is 715 g/mol. The zero-order valence-corrected chi connectivity index (χ0v) is 29.3. The van der Waals surface area contributed by atoms with Gasteiger partial charge in [0, 0.05) is 26.2 Å². The lowest BCUT2D eigenvalue weighted by Gasteiger charge is -2.33. The van der Waals surface area contributed by atoms with E-state index in [4.69, 9.17) is 9.72 Å². The molecule has 13 heteroatoms. The summed E-state index contributed by atoms with van der Waals surface area (Å²) in [6.45, 7) is 3.67. The van der Waals surface area contributed by atoms with Gasteiger partial charge in [-0.05, 0) is 53.5 Å². The fourth-order valence-corrected chi connectivity index (χ4v) is 7.74. The van der Waals surface area contributed by atoms with Crippen molar-refractivity contribution in [3.63, 3.8) is 0 Å². The van der Waals surface area contributed by atoms with Crippen molar-refractivity contribution in [1.29, 1.82) is 0 Å². The Labute approximate surface area is 307 Å². The summed E-state index contributed by atoms with van der Waals surface area (Å²) in [5.41, 5.74) is 6.48. The topological polar surface area (TPSA) is 160 Å². The van der Waals surface area contributed by atoms with Crippen LogP contribution in [0.4, 0.5) is 9.59 Å². The Morgan fingerprint density at radius 1 is 0.698 bits per heavy atom. The molecule has 53 heavy (non-hydrogen) atoms. The summed E-state index contributed by atoms with van der Waals surface area (Å²) in [6.07, 6.45) is 5.75. The monoisotopic (exact) mass is 714 g/mol. The van der Waals surface area contributed by atoms with Gasteiger partial charge in [0.25, 0.3) is 5.91 Å². The molecule has 0 spiro atoms. The minimum atomic E-state index is -1.25. The lowest BCUT2D eigenvalue weighted by Crippen LogP contribution is -2.48. The standard InChI is InChI=1S/C40H42N8O5/c49-38(35(45-39(50)51)30-6-2-1-3-7-30)47-18-4-8-33(47)36-41-24-31(43-36)28-14-10-26(11-15-28)27-12-16-29(17-13-27)32-25-42-37(44-32)34-9-5-19-48(34)40(52)46-20-22-53-23-21-46/h1-3,6-7,10-17,24-25,33-35,45H,4-5,8-9,18-23H2,(H,41,43)(H,42,44)(H,50,51)/t33-,34-,35+/m0/s1. The number of benzene rings is 3. The largest absolute Gasteiger partial charge is 0.465 e. The second-order valence-corrected chi connectivity index (χ2v) is 13.7. The van der Waals surface area contributed by atoms with E-state index in [2.05, 4.69) is 56.7 Å². The molecule has 0 unspecified atom stereocenters. The molecule has 0 radical (unpaired) electrons. The van der Waals surface area contributed by atoms with E-state index in [-0.39, 0.29) is 24.0 Å². The maximum Gasteiger partial charge on any atom is 0.405 e. The quantitative estimate of drug-likeness (QED) is 0.145. The summed E-state index contributed by atoms with van der Waals surface area (Å²) in [4.78, 5) is 60.3. The molecule has 4 amide bonds. The maximum atomic E-state index is 13.7. The van der Waals surface area contributed by atoms with Crippen molar-refractivity contribution in [2.45, 2.75) is 43.8 Å². The number of likely N-dealkylation sites (tertiary alicyclic amines) is 2. The van der Waals surface area contributed by atoms with Crippen molar-refractivity contribution < 1.29 is 24.2 Å². The molecule has 3 fully saturated rings. The first-order valence-corrected chi connectivity index (χ1v) is 18.2. The highest BCUT2D eigenvalue weighted by Gasteiger charge is 2.37. The third kappa shape index (κ3) is 7.12. The van der Waals surface area contributed by atoms with E-state index < -0.39 is 12.1 Å². The maximum absolute atomic E-state index is 13.7. The molecule has 3 aliphatic rings. The fraction of sp³-hybridized carbons (Fsp3) is 0.325. The van der Waals surface area contributed by atoms with Crippen molar-refractivity contribution in [3.05, 3.63) is 108 Å². The number of hydrogen-bond donors (Lipinski definition) is 4. The highest BCUT2D eigenvalue weighted by atomic mass is 16.5. The molecule has 0 aliphatic carbocycles. The molecule has 3 saturated heterocycles. The molecule has 2 aromatic heterocycles. The average Bonchev–Trinajstić information content (AvgIpc) is 4.04. The molecule has 3 aromatic carbocycles. The summed E-state index contributed by atoms with van der Waals surface area (Å²) >= 11 is 0. The van der Waals surface area contributed by atoms with Gasteiger partial charge in [-0.2, -0.15) is 0 Å². The van der Waals surface area contributed by atoms with Gasteiger partial charge in [-0.1, -0.05) is 78.9 Å². The van der Waals surface area contributed by atoms with Crippen LogP contribution in [-0.2, 0) is 9.53 Å². The Hall–Kier alpha value is -5.95. The molecular weight excluding hydrogens is 672 g/mol. The van der Waals surface area contributed by atoms with E-state index in [1.54, 1.807) is 35.4 Å². The van der Waals surface area contributed by atoms with Crippen LogP contribution in [0.25, 0.3) is 33.6 Å². The number of amides is 4. The van der Waals surface area contributed by atoms with Crippen LogP contribution in [0.2, 0.25) is 0 Å². The number of carbonyl (C=O) groups excluding carboxylic acids is 2. The van der Waals surface area contributed by atoms with Crippen LogP contribution in [0.5, 0.6) is 0 Å². The summed E-state index contributed by atoms with van der Waals surface area (Å²) in [7, 11) is 0.